The fraction of sp³-hybridized carbons (Fsp3) is 0.172. The third kappa shape index (κ3) is 5.10. The second-order valence-corrected chi connectivity index (χ2v) is 9.27. The molecule has 0 fully saturated rings. The van der Waals surface area contributed by atoms with E-state index in [1.807, 2.05) is 48.5 Å². The van der Waals surface area contributed by atoms with E-state index in [0.29, 0.717) is 22.7 Å². The second kappa shape index (κ2) is 10.4. The van der Waals surface area contributed by atoms with Crippen molar-refractivity contribution in [2.24, 2.45) is 0 Å². The van der Waals surface area contributed by atoms with Gasteiger partial charge in [0.25, 0.3) is 0 Å². The Morgan fingerprint density at radius 3 is 2.44 bits per heavy atom. The molecule has 10 nitrogen and oxygen atoms in total. The van der Waals surface area contributed by atoms with Gasteiger partial charge < -0.3 is 14.8 Å². The van der Waals surface area contributed by atoms with Crippen molar-refractivity contribution < 1.29 is 14.3 Å². The van der Waals surface area contributed by atoms with Gasteiger partial charge in [0.1, 0.15) is 11.5 Å². The first kappa shape index (κ1) is 24.4. The van der Waals surface area contributed by atoms with Crippen molar-refractivity contribution in [3.63, 3.8) is 0 Å². The van der Waals surface area contributed by atoms with Gasteiger partial charge in [0.2, 0.25) is 5.65 Å². The Labute approximate surface area is 225 Å². The first-order chi connectivity index (χ1) is 19.1. The molecule has 1 aliphatic rings. The molecule has 0 saturated carbocycles. The summed E-state index contributed by atoms with van der Waals surface area (Å²) in [5, 5.41) is 12.9. The van der Waals surface area contributed by atoms with E-state index in [2.05, 4.69) is 53.9 Å². The van der Waals surface area contributed by atoms with Gasteiger partial charge in [0.15, 0.2) is 11.3 Å². The number of carbonyl (C=O) groups is 1. The summed E-state index contributed by atoms with van der Waals surface area (Å²) in [5.41, 5.74) is 6.71. The molecule has 0 atom stereocenters. The van der Waals surface area contributed by atoms with E-state index in [9.17, 15) is 4.79 Å². The van der Waals surface area contributed by atoms with Crippen LogP contribution < -0.4 is 20.1 Å². The molecular weight excluding hydrogens is 494 g/mol. The maximum Gasteiger partial charge on any atom is 0.324 e. The first-order valence-corrected chi connectivity index (χ1v) is 12.5. The van der Waals surface area contributed by atoms with Crippen LogP contribution in [0.1, 0.15) is 16.7 Å². The predicted molar refractivity (Wildman–Crippen MR) is 149 cm³/mol. The van der Waals surface area contributed by atoms with Crippen LogP contribution in [0.15, 0.2) is 72.9 Å². The number of benzene rings is 3. The lowest BCUT2D eigenvalue weighted by atomic mass is 10.1. The van der Waals surface area contributed by atoms with Gasteiger partial charge in [0, 0.05) is 30.9 Å². The lowest BCUT2D eigenvalue weighted by Crippen LogP contribution is -2.21. The van der Waals surface area contributed by atoms with Crippen molar-refractivity contribution in [3.05, 3.63) is 89.6 Å². The highest BCUT2D eigenvalue weighted by atomic mass is 16.5. The monoisotopic (exact) mass is 521 g/mol. The Kier molecular flexibility index (Phi) is 6.52. The van der Waals surface area contributed by atoms with Crippen molar-refractivity contribution >= 4 is 28.7 Å². The molecule has 2 aromatic heterocycles. The van der Waals surface area contributed by atoms with Gasteiger partial charge in [-0.25, -0.2) is 14.8 Å². The minimum absolute atomic E-state index is 0.374. The Hall–Kier alpha value is -4.96. The maximum atomic E-state index is 13.0. The number of carbonyl (C=O) groups excluding carboxylic acids is 1. The predicted octanol–water partition coefficient (Wildman–Crippen LogP) is 5.20. The summed E-state index contributed by atoms with van der Waals surface area (Å²) in [6, 6.07) is 21.2. The number of aromatic nitrogens is 4. The van der Waals surface area contributed by atoms with Gasteiger partial charge in [-0.15, -0.1) is 0 Å². The highest BCUT2D eigenvalue weighted by Crippen LogP contribution is 2.31. The molecular formula is C29H27N7O3. The number of urea groups is 1. The molecule has 196 valence electrons. The van der Waals surface area contributed by atoms with Crippen LogP contribution in [0.2, 0.25) is 0 Å². The number of amides is 2. The smallest absolute Gasteiger partial charge is 0.324 e. The summed E-state index contributed by atoms with van der Waals surface area (Å²) in [5.74, 6) is 1.97. The fourth-order valence-corrected chi connectivity index (χ4v) is 4.76. The van der Waals surface area contributed by atoms with Gasteiger partial charge in [-0.2, -0.15) is 5.10 Å². The molecule has 0 spiro atoms. The zero-order valence-corrected chi connectivity index (χ0v) is 21.6. The number of nitrogens with one attached hydrogen (secondary N) is 3. The molecule has 3 heterocycles. The van der Waals surface area contributed by atoms with Gasteiger partial charge >= 0.3 is 6.03 Å². The van der Waals surface area contributed by atoms with E-state index in [4.69, 9.17) is 9.47 Å². The lowest BCUT2D eigenvalue weighted by Gasteiger charge is -2.15. The quantitative estimate of drug-likeness (QED) is 0.270. The van der Waals surface area contributed by atoms with Crippen LogP contribution in [-0.4, -0.2) is 45.3 Å². The molecule has 10 heteroatoms. The number of hydrogen-bond donors (Lipinski definition) is 3. The molecule has 0 radical (unpaired) electrons. The molecule has 3 N–H and O–H groups in total. The van der Waals surface area contributed by atoms with Crippen molar-refractivity contribution in [2.75, 3.05) is 24.9 Å². The third-order valence-electron chi connectivity index (χ3n) is 6.75. The van der Waals surface area contributed by atoms with Crippen LogP contribution in [0.3, 0.4) is 0 Å². The van der Waals surface area contributed by atoms with Gasteiger partial charge in [-0.05, 0) is 59.2 Å². The fourth-order valence-electron chi connectivity index (χ4n) is 4.76. The standard InChI is InChI=1S/C29H27N7O3/c1-38-21-10-6-18(7-11-21)15-36-16-20-4-3-5-24(23(20)17-36)32-29(37)33-28-26-27(34-35-28)30-14-25(31-26)19-8-12-22(39-2)13-9-19/h3-14H,15-17H2,1-2H3,(H3,30,32,33,34,35,37). The molecule has 5 aromatic rings. The summed E-state index contributed by atoms with van der Waals surface area (Å²) in [4.78, 5) is 24.4. The second-order valence-electron chi connectivity index (χ2n) is 9.27. The highest BCUT2D eigenvalue weighted by Gasteiger charge is 2.23. The number of fused-ring (bicyclic) bond motifs is 2. The molecule has 0 aliphatic carbocycles. The molecule has 0 bridgehead atoms. The lowest BCUT2D eigenvalue weighted by molar-refractivity contribution is 0.262. The first-order valence-electron chi connectivity index (χ1n) is 12.5. The van der Waals surface area contributed by atoms with Crippen LogP contribution in [0, 0.1) is 0 Å². The molecule has 3 aromatic carbocycles. The Morgan fingerprint density at radius 2 is 1.69 bits per heavy atom. The SMILES string of the molecule is COc1ccc(CN2Cc3cccc(NC(=O)Nc4[nH]nc5ncc(-c6ccc(OC)cc6)nc45)c3C2)cc1. The summed E-state index contributed by atoms with van der Waals surface area (Å²) < 4.78 is 10.5. The van der Waals surface area contributed by atoms with E-state index in [-0.39, 0.29) is 6.03 Å². The van der Waals surface area contributed by atoms with Crippen LogP contribution in [0.5, 0.6) is 11.5 Å². The molecule has 0 saturated heterocycles. The van der Waals surface area contributed by atoms with Crippen LogP contribution in [-0.2, 0) is 19.6 Å². The number of nitrogens with zero attached hydrogens (tertiary/aromatic N) is 4. The third-order valence-corrected chi connectivity index (χ3v) is 6.75. The average molecular weight is 522 g/mol. The maximum absolute atomic E-state index is 13.0. The Bertz CT molecular complexity index is 1630. The Balaban J connectivity index is 1.15. The molecule has 6 rings (SSSR count). The average Bonchev–Trinajstić information content (AvgIpc) is 3.57. The van der Waals surface area contributed by atoms with Crippen molar-refractivity contribution in [2.45, 2.75) is 19.6 Å². The van der Waals surface area contributed by atoms with Gasteiger partial charge in [-0.3, -0.25) is 15.3 Å². The number of rotatable bonds is 7. The molecule has 1 aliphatic heterocycles. The summed E-state index contributed by atoms with van der Waals surface area (Å²) in [6.07, 6.45) is 1.65. The van der Waals surface area contributed by atoms with Crippen LogP contribution in [0.4, 0.5) is 16.3 Å². The summed E-state index contributed by atoms with van der Waals surface area (Å²) in [6.45, 7) is 2.36. The number of ether oxygens (including phenoxy) is 2. The number of hydrogen-bond acceptors (Lipinski definition) is 7. The summed E-state index contributed by atoms with van der Waals surface area (Å²) >= 11 is 0. The minimum atomic E-state index is -0.390. The van der Waals surface area contributed by atoms with Crippen molar-refractivity contribution in [1.82, 2.24) is 25.1 Å². The van der Waals surface area contributed by atoms with E-state index in [1.165, 1.54) is 11.1 Å². The topological polar surface area (TPSA) is 117 Å². The normalized spacial score (nSPS) is 12.8. The van der Waals surface area contributed by atoms with E-state index in [0.717, 1.165) is 47.9 Å². The van der Waals surface area contributed by atoms with Crippen LogP contribution >= 0.6 is 0 Å². The molecule has 39 heavy (non-hydrogen) atoms. The zero-order valence-electron chi connectivity index (χ0n) is 21.6. The number of methoxy groups -OCH3 is 2. The van der Waals surface area contributed by atoms with Gasteiger partial charge in [-0.1, -0.05) is 24.3 Å². The van der Waals surface area contributed by atoms with Crippen LogP contribution in [0.25, 0.3) is 22.4 Å². The van der Waals surface area contributed by atoms with Crippen molar-refractivity contribution in [1.29, 1.82) is 0 Å². The van der Waals surface area contributed by atoms with Crippen molar-refractivity contribution in [3.8, 4) is 22.8 Å². The minimum Gasteiger partial charge on any atom is -0.497 e. The zero-order chi connectivity index (χ0) is 26.8. The molecule has 0 unspecified atom stereocenters. The largest absolute Gasteiger partial charge is 0.497 e. The number of anilines is 2. The highest BCUT2D eigenvalue weighted by molar-refractivity contribution is 6.03. The van der Waals surface area contributed by atoms with Gasteiger partial charge in [0.05, 0.1) is 26.1 Å². The van der Waals surface area contributed by atoms with E-state index >= 15 is 0 Å². The number of aromatic amines is 1. The molecule has 2 amide bonds. The summed E-state index contributed by atoms with van der Waals surface area (Å²) in [7, 11) is 3.29. The van der Waals surface area contributed by atoms with E-state index < -0.39 is 0 Å². The Morgan fingerprint density at radius 1 is 0.949 bits per heavy atom. The van der Waals surface area contributed by atoms with E-state index in [1.54, 1.807) is 20.4 Å². The number of H-pyrrole nitrogens is 1.